The maximum absolute atomic E-state index is 10.9. The fourth-order valence-electron chi connectivity index (χ4n) is 1.15. The van der Waals surface area contributed by atoms with E-state index in [1.165, 1.54) is 0 Å². The molecule has 12 heavy (non-hydrogen) atoms. The van der Waals surface area contributed by atoms with E-state index in [1.54, 1.807) is 6.08 Å². The van der Waals surface area contributed by atoms with Gasteiger partial charge in [0.25, 0.3) is 0 Å². The van der Waals surface area contributed by atoms with Crippen LogP contribution in [-0.2, 0) is 4.79 Å². The summed E-state index contributed by atoms with van der Waals surface area (Å²) < 4.78 is 0. The quantitative estimate of drug-likeness (QED) is 0.594. The molecule has 0 aromatic carbocycles. The first-order valence-corrected chi connectivity index (χ1v) is 4.22. The van der Waals surface area contributed by atoms with E-state index in [1.807, 2.05) is 13.8 Å². The Morgan fingerprint density at radius 1 is 1.58 bits per heavy atom. The monoisotopic (exact) mass is 171 g/mol. The first-order valence-electron chi connectivity index (χ1n) is 4.22. The lowest BCUT2D eigenvalue weighted by Crippen LogP contribution is -2.51. The lowest BCUT2D eigenvalue weighted by atomic mass is 9.93. The van der Waals surface area contributed by atoms with Crippen LogP contribution in [0.25, 0.3) is 0 Å². The van der Waals surface area contributed by atoms with Crippen molar-refractivity contribution in [3.63, 3.8) is 0 Å². The summed E-state index contributed by atoms with van der Waals surface area (Å²) in [5, 5.41) is 11.9. The van der Waals surface area contributed by atoms with Crippen LogP contribution in [0.15, 0.2) is 12.7 Å². The van der Waals surface area contributed by atoms with Gasteiger partial charge in [-0.25, -0.2) is 0 Å². The SMILES string of the molecule is C=CCNC(CC)(CC)C(=O)O. The van der Waals surface area contributed by atoms with E-state index >= 15 is 0 Å². The normalized spacial score (nSPS) is 11.2. The first-order chi connectivity index (χ1) is 5.63. The van der Waals surface area contributed by atoms with Gasteiger partial charge in [0.15, 0.2) is 0 Å². The largest absolute Gasteiger partial charge is 0.480 e. The van der Waals surface area contributed by atoms with Gasteiger partial charge in [-0.15, -0.1) is 6.58 Å². The second-order valence-corrected chi connectivity index (χ2v) is 2.76. The van der Waals surface area contributed by atoms with Gasteiger partial charge < -0.3 is 5.11 Å². The molecule has 0 aromatic heterocycles. The third kappa shape index (κ3) is 2.34. The molecule has 0 unspecified atom stereocenters. The molecule has 0 amide bonds. The van der Waals surface area contributed by atoms with Crippen LogP contribution in [0.1, 0.15) is 26.7 Å². The van der Waals surface area contributed by atoms with E-state index < -0.39 is 11.5 Å². The summed E-state index contributed by atoms with van der Waals surface area (Å²) in [6.45, 7) is 7.81. The summed E-state index contributed by atoms with van der Waals surface area (Å²) in [4.78, 5) is 10.9. The summed E-state index contributed by atoms with van der Waals surface area (Å²) in [7, 11) is 0. The second kappa shape index (κ2) is 4.93. The number of carboxylic acids is 1. The highest BCUT2D eigenvalue weighted by Gasteiger charge is 2.33. The summed E-state index contributed by atoms with van der Waals surface area (Å²) >= 11 is 0. The lowest BCUT2D eigenvalue weighted by molar-refractivity contribution is -0.145. The Kier molecular flexibility index (Phi) is 4.59. The molecule has 0 heterocycles. The molecule has 0 spiro atoms. The van der Waals surface area contributed by atoms with E-state index in [0.717, 1.165) is 0 Å². The predicted molar refractivity (Wildman–Crippen MR) is 49.1 cm³/mol. The highest BCUT2D eigenvalue weighted by atomic mass is 16.4. The van der Waals surface area contributed by atoms with E-state index in [4.69, 9.17) is 5.11 Å². The predicted octanol–water partition coefficient (Wildman–Crippen LogP) is 1.41. The summed E-state index contributed by atoms with van der Waals surface area (Å²) in [5.41, 5.74) is -0.770. The molecule has 3 nitrogen and oxygen atoms in total. The van der Waals surface area contributed by atoms with Crippen LogP contribution in [0.3, 0.4) is 0 Å². The average Bonchev–Trinajstić information content (AvgIpc) is 2.07. The van der Waals surface area contributed by atoms with Gasteiger partial charge in [-0.1, -0.05) is 19.9 Å². The molecule has 0 aromatic rings. The van der Waals surface area contributed by atoms with Crippen LogP contribution in [0.4, 0.5) is 0 Å². The molecule has 0 rings (SSSR count). The molecule has 0 atom stereocenters. The van der Waals surface area contributed by atoms with E-state index in [2.05, 4.69) is 11.9 Å². The van der Waals surface area contributed by atoms with Crippen molar-refractivity contribution in [1.82, 2.24) is 5.32 Å². The molecule has 70 valence electrons. The van der Waals surface area contributed by atoms with E-state index in [9.17, 15) is 4.79 Å². The molecule has 2 N–H and O–H groups in total. The molecular formula is C9H17NO2. The minimum absolute atomic E-state index is 0.536. The third-order valence-electron chi connectivity index (χ3n) is 2.20. The molecule has 0 aliphatic carbocycles. The van der Waals surface area contributed by atoms with Crippen molar-refractivity contribution in [3.8, 4) is 0 Å². The van der Waals surface area contributed by atoms with Crippen molar-refractivity contribution >= 4 is 5.97 Å². The zero-order chi connectivity index (χ0) is 9.61. The minimum atomic E-state index is -0.783. The van der Waals surface area contributed by atoms with Gasteiger partial charge >= 0.3 is 5.97 Å². The fraction of sp³-hybridized carbons (Fsp3) is 0.667. The van der Waals surface area contributed by atoms with Gasteiger partial charge in [-0.3, -0.25) is 10.1 Å². The van der Waals surface area contributed by atoms with Crippen molar-refractivity contribution < 1.29 is 9.90 Å². The Hall–Kier alpha value is -0.830. The van der Waals surface area contributed by atoms with Crippen molar-refractivity contribution in [2.45, 2.75) is 32.2 Å². The van der Waals surface area contributed by atoms with Gasteiger partial charge in [-0.05, 0) is 12.8 Å². The van der Waals surface area contributed by atoms with Crippen LogP contribution in [0, 0.1) is 0 Å². The van der Waals surface area contributed by atoms with Crippen molar-refractivity contribution in [2.24, 2.45) is 0 Å². The molecule has 0 fully saturated rings. The van der Waals surface area contributed by atoms with Gasteiger partial charge in [0.1, 0.15) is 5.54 Å². The number of aliphatic carboxylic acids is 1. The number of carboxylic acid groups (broad SMARTS) is 1. The van der Waals surface area contributed by atoms with Crippen molar-refractivity contribution in [2.75, 3.05) is 6.54 Å². The first kappa shape index (κ1) is 11.2. The number of nitrogens with one attached hydrogen (secondary N) is 1. The van der Waals surface area contributed by atoms with Crippen LogP contribution in [0.2, 0.25) is 0 Å². The Bertz CT molecular complexity index is 162. The Labute approximate surface area is 73.5 Å². The maximum atomic E-state index is 10.9. The summed E-state index contributed by atoms with van der Waals surface area (Å²) in [5.74, 6) is -0.783. The number of hydrogen-bond donors (Lipinski definition) is 2. The third-order valence-corrected chi connectivity index (χ3v) is 2.20. The van der Waals surface area contributed by atoms with Crippen molar-refractivity contribution in [1.29, 1.82) is 0 Å². The zero-order valence-electron chi connectivity index (χ0n) is 7.76. The van der Waals surface area contributed by atoms with Gasteiger partial charge in [0.2, 0.25) is 0 Å². The Morgan fingerprint density at radius 3 is 2.33 bits per heavy atom. The highest BCUT2D eigenvalue weighted by molar-refractivity contribution is 5.78. The molecule has 0 saturated heterocycles. The highest BCUT2D eigenvalue weighted by Crippen LogP contribution is 2.14. The standard InChI is InChI=1S/C9H17NO2/c1-4-7-10-9(5-2,6-3)8(11)12/h4,10H,1,5-7H2,2-3H3,(H,11,12). The topological polar surface area (TPSA) is 49.3 Å². The molecular weight excluding hydrogens is 154 g/mol. The zero-order valence-corrected chi connectivity index (χ0v) is 7.76. The molecule has 0 radical (unpaired) electrons. The number of hydrogen-bond acceptors (Lipinski definition) is 2. The molecule has 0 bridgehead atoms. The number of carbonyl (C=O) groups is 1. The Morgan fingerprint density at radius 2 is 2.08 bits per heavy atom. The second-order valence-electron chi connectivity index (χ2n) is 2.76. The van der Waals surface area contributed by atoms with Crippen LogP contribution in [-0.4, -0.2) is 23.2 Å². The Balaban J connectivity index is 4.34. The fourth-order valence-corrected chi connectivity index (χ4v) is 1.15. The lowest BCUT2D eigenvalue weighted by Gasteiger charge is -2.27. The van der Waals surface area contributed by atoms with Crippen LogP contribution in [0.5, 0.6) is 0 Å². The van der Waals surface area contributed by atoms with E-state index in [0.29, 0.717) is 19.4 Å². The van der Waals surface area contributed by atoms with Gasteiger partial charge in [0.05, 0.1) is 0 Å². The minimum Gasteiger partial charge on any atom is -0.480 e. The molecule has 0 aliphatic rings. The molecule has 0 saturated carbocycles. The van der Waals surface area contributed by atoms with Gasteiger partial charge in [-0.2, -0.15) is 0 Å². The maximum Gasteiger partial charge on any atom is 0.323 e. The smallest absolute Gasteiger partial charge is 0.323 e. The molecule has 0 aliphatic heterocycles. The van der Waals surface area contributed by atoms with Gasteiger partial charge in [0, 0.05) is 6.54 Å². The van der Waals surface area contributed by atoms with Crippen molar-refractivity contribution in [3.05, 3.63) is 12.7 Å². The number of rotatable bonds is 6. The summed E-state index contributed by atoms with van der Waals surface area (Å²) in [6, 6.07) is 0. The van der Waals surface area contributed by atoms with Crippen LogP contribution >= 0.6 is 0 Å². The summed E-state index contributed by atoms with van der Waals surface area (Å²) in [6.07, 6.45) is 2.85. The van der Waals surface area contributed by atoms with Crippen LogP contribution < -0.4 is 5.32 Å². The average molecular weight is 171 g/mol. The van der Waals surface area contributed by atoms with E-state index in [-0.39, 0.29) is 0 Å². The molecule has 3 heteroatoms.